The molecule has 0 unspecified atom stereocenters. The van der Waals surface area contributed by atoms with Gasteiger partial charge in [0, 0.05) is 5.56 Å². The van der Waals surface area contributed by atoms with Crippen LogP contribution in [-0.2, 0) is 6.42 Å². The Labute approximate surface area is 96.9 Å². The second-order valence-electron chi connectivity index (χ2n) is 3.32. The van der Waals surface area contributed by atoms with E-state index in [0.717, 1.165) is 23.7 Å². The topological polar surface area (TPSA) is 63.1 Å². The lowest BCUT2D eigenvalue weighted by atomic mass is 10.1. The number of rotatable bonds is 3. The average Bonchev–Trinajstić information content (AvgIpc) is 2.78. The molecular formula is C11H10N2O2S. The Bertz CT molecular complexity index is 505. The molecule has 1 N–H and O–H groups in total. The largest absolute Gasteiger partial charge is 0.476 e. The minimum atomic E-state index is -1.04. The summed E-state index contributed by atoms with van der Waals surface area (Å²) in [6.45, 7) is 2.07. The third kappa shape index (κ3) is 1.94. The van der Waals surface area contributed by atoms with Crippen molar-refractivity contribution in [2.45, 2.75) is 13.3 Å². The number of hydrogen-bond acceptors (Lipinski definition) is 4. The van der Waals surface area contributed by atoms with Crippen molar-refractivity contribution in [3.8, 4) is 11.3 Å². The van der Waals surface area contributed by atoms with Gasteiger partial charge in [-0.05, 0) is 12.0 Å². The van der Waals surface area contributed by atoms with Gasteiger partial charge in [0.2, 0.25) is 0 Å². The number of carboxylic acid groups (broad SMARTS) is 1. The molecule has 2 rings (SSSR count). The first-order chi connectivity index (χ1) is 7.72. The van der Waals surface area contributed by atoms with Crippen LogP contribution >= 0.6 is 11.7 Å². The number of hydrogen-bond donors (Lipinski definition) is 1. The lowest BCUT2D eigenvalue weighted by Crippen LogP contribution is -1.99. The zero-order valence-electron chi connectivity index (χ0n) is 8.67. The molecule has 0 saturated carbocycles. The molecule has 16 heavy (non-hydrogen) atoms. The molecule has 0 aliphatic carbocycles. The minimum absolute atomic E-state index is 0.0225. The van der Waals surface area contributed by atoms with Gasteiger partial charge in [0.1, 0.15) is 5.69 Å². The van der Waals surface area contributed by atoms with E-state index < -0.39 is 5.97 Å². The number of benzene rings is 1. The third-order valence-corrected chi connectivity index (χ3v) is 2.86. The Hall–Kier alpha value is -1.75. The van der Waals surface area contributed by atoms with Gasteiger partial charge in [0.15, 0.2) is 5.69 Å². The zero-order chi connectivity index (χ0) is 11.5. The van der Waals surface area contributed by atoms with Crippen molar-refractivity contribution >= 4 is 17.7 Å². The molecule has 0 saturated heterocycles. The van der Waals surface area contributed by atoms with Gasteiger partial charge in [0.25, 0.3) is 0 Å². The highest BCUT2D eigenvalue weighted by atomic mass is 32.1. The summed E-state index contributed by atoms with van der Waals surface area (Å²) >= 11 is 0.918. The molecule has 1 aromatic heterocycles. The number of aromatic nitrogens is 2. The maximum absolute atomic E-state index is 10.9. The number of carbonyl (C=O) groups is 1. The summed E-state index contributed by atoms with van der Waals surface area (Å²) < 4.78 is 7.78. The van der Waals surface area contributed by atoms with Crippen molar-refractivity contribution in [2.24, 2.45) is 0 Å². The predicted octanol–water partition coefficient (Wildman–Crippen LogP) is 2.47. The van der Waals surface area contributed by atoms with Crippen molar-refractivity contribution in [3.63, 3.8) is 0 Å². The predicted molar refractivity (Wildman–Crippen MR) is 61.7 cm³/mol. The van der Waals surface area contributed by atoms with Crippen molar-refractivity contribution < 1.29 is 9.90 Å². The van der Waals surface area contributed by atoms with Gasteiger partial charge in [0.05, 0.1) is 11.7 Å². The lowest BCUT2D eigenvalue weighted by Gasteiger charge is -2.00. The van der Waals surface area contributed by atoms with Crippen LogP contribution in [0.25, 0.3) is 11.3 Å². The normalized spacial score (nSPS) is 10.3. The van der Waals surface area contributed by atoms with Gasteiger partial charge < -0.3 is 5.11 Å². The monoisotopic (exact) mass is 234 g/mol. The lowest BCUT2D eigenvalue weighted by molar-refractivity contribution is 0.0692. The van der Waals surface area contributed by atoms with Gasteiger partial charge in [-0.2, -0.15) is 8.75 Å². The van der Waals surface area contributed by atoms with Crippen molar-refractivity contribution in [1.82, 2.24) is 8.75 Å². The first-order valence-electron chi connectivity index (χ1n) is 4.87. The smallest absolute Gasteiger partial charge is 0.357 e. The van der Waals surface area contributed by atoms with Crippen LogP contribution in [0.15, 0.2) is 24.3 Å². The van der Waals surface area contributed by atoms with E-state index in [4.69, 9.17) is 5.11 Å². The van der Waals surface area contributed by atoms with Crippen LogP contribution in [0.1, 0.15) is 23.0 Å². The molecule has 1 heterocycles. The van der Waals surface area contributed by atoms with Crippen LogP contribution in [0.4, 0.5) is 0 Å². The molecule has 0 radical (unpaired) electrons. The Balaban J connectivity index is 2.42. The molecule has 4 nitrogen and oxygen atoms in total. The summed E-state index contributed by atoms with van der Waals surface area (Å²) in [4.78, 5) is 10.9. The summed E-state index contributed by atoms with van der Waals surface area (Å²) in [7, 11) is 0. The van der Waals surface area contributed by atoms with Gasteiger partial charge in [-0.3, -0.25) is 0 Å². The number of carboxylic acids is 1. The van der Waals surface area contributed by atoms with E-state index in [0.29, 0.717) is 5.69 Å². The number of nitrogens with zero attached hydrogens (tertiary/aromatic N) is 2. The first-order valence-corrected chi connectivity index (χ1v) is 5.60. The van der Waals surface area contributed by atoms with Crippen LogP contribution in [0, 0.1) is 0 Å². The molecule has 0 amide bonds. The van der Waals surface area contributed by atoms with Crippen molar-refractivity contribution in [1.29, 1.82) is 0 Å². The number of aryl methyl sites for hydroxylation is 1. The molecule has 1 aromatic carbocycles. The van der Waals surface area contributed by atoms with E-state index >= 15 is 0 Å². The Morgan fingerprint density at radius 2 is 2.00 bits per heavy atom. The Kier molecular flexibility index (Phi) is 2.96. The van der Waals surface area contributed by atoms with Gasteiger partial charge in [-0.25, -0.2) is 4.79 Å². The fourth-order valence-electron chi connectivity index (χ4n) is 1.42. The molecule has 0 aliphatic heterocycles. The Morgan fingerprint density at radius 3 is 2.56 bits per heavy atom. The molecular weight excluding hydrogens is 224 g/mol. The maximum Gasteiger partial charge on any atom is 0.357 e. The van der Waals surface area contributed by atoms with Crippen LogP contribution < -0.4 is 0 Å². The van der Waals surface area contributed by atoms with E-state index in [-0.39, 0.29) is 5.69 Å². The van der Waals surface area contributed by atoms with Crippen LogP contribution in [0.3, 0.4) is 0 Å². The van der Waals surface area contributed by atoms with Crippen LogP contribution in [-0.4, -0.2) is 19.8 Å². The van der Waals surface area contributed by atoms with Crippen LogP contribution in [0.2, 0.25) is 0 Å². The fraction of sp³-hybridized carbons (Fsp3) is 0.182. The summed E-state index contributed by atoms with van der Waals surface area (Å²) in [5.74, 6) is -1.04. The molecule has 0 fully saturated rings. The highest BCUT2D eigenvalue weighted by molar-refractivity contribution is 6.99. The second kappa shape index (κ2) is 4.40. The molecule has 0 atom stereocenters. The van der Waals surface area contributed by atoms with Gasteiger partial charge >= 0.3 is 5.97 Å². The quantitative estimate of drug-likeness (QED) is 0.886. The maximum atomic E-state index is 10.9. The SMILES string of the molecule is CCc1ccc(-c2nsnc2C(=O)O)cc1. The highest BCUT2D eigenvalue weighted by Gasteiger charge is 2.16. The molecule has 0 spiro atoms. The highest BCUT2D eigenvalue weighted by Crippen LogP contribution is 2.22. The Morgan fingerprint density at radius 1 is 1.31 bits per heavy atom. The zero-order valence-corrected chi connectivity index (χ0v) is 9.49. The van der Waals surface area contributed by atoms with E-state index in [1.807, 2.05) is 24.3 Å². The van der Waals surface area contributed by atoms with E-state index in [1.54, 1.807) is 0 Å². The van der Waals surface area contributed by atoms with Crippen LogP contribution in [0.5, 0.6) is 0 Å². The van der Waals surface area contributed by atoms with Crippen molar-refractivity contribution in [3.05, 3.63) is 35.5 Å². The average molecular weight is 234 g/mol. The van der Waals surface area contributed by atoms with Gasteiger partial charge in [-0.15, -0.1) is 0 Å². The van der Waals surface area contributed by atoms with Gasteiger partial charge in [-0.1, -0.05) is 31.2 Å². The summed E-state index contributed by atoms with van der Waals surface area (Å²) in [5, 5.41) is 8.92. The van der Waals surface area contributed by atoms with E-state index in [2.05, 4.69) is 15.7 Å². The molecule has 0 bridgehead atoms. The molecule has 82 valence electrons. The van der Waals surface area contributed by atoms with E-state index in [1.165, 1.54) is 5.56 Å². The minimum Gasteiger partial charge on any atom is -0.476 e. The summed E-state index contributed by atoms with van der Waals surface area (Å²) in [5.41, 5.74) is 2.47. The summed E-state index contributed by atoms with van der Waals surface area (Å²) in [6.07, 6.45) is 0.960. The fourth-order valence-corrected chi connectivity index (χ4v) is 1.98. The third-order valence-electron chi connectivity index (χ3n) is 2.33. The van der Waals surface area contributed by atoms with E-state index in [9.17, 15) is 4.79 Å². The number of aromatic carboxylic acids is 1. The molecule has 5 heteroatoms. The first kappa shape index (κ1) is 10.8. The standard InChI is InChI=1S/C11H10N2O2S/c1-2-7-3-5-8(6-4-7)9-10(11(14)15)13-16-12-9/h3-6H,2H2,1H3,(H,14,15). The summed E-state index contributed by atoms with van der Waals surface area (Å²) in [6, 6.07) is 7.70. The molecule has 0 aliphatic rings. The van der Waals surface area contributed by atoms with Crippen molar-refractivity contribution in [2.75, 3.05) is 0 Å². The second-order valence-corrected chi connectivity index (χ2v) is 3.85. The molecule has 2 aromatic rings.